The highest BCUT2D eigenvalue weighted by Gasteiger charge is 2.48. The first-order chi connectivity index (χ1) is 18.6. The van der Waals surface area contributed by atoms with Gasteiger partial charge in [0.2, 0.25) is 0 Å². The number of fused-ring (bicyclic) bond motifs is 2. The molecule has 2 aliphatic heterocycles. The van der Waals surface area contributed by atoms with Crippen LogP contribution in [0.1, 0.15) is 83.1 Å². The van der Waals surface area contributed by atoms with Crippen LogP contribution in [-0.4, -0.2) is 72.6 Å². The van der Waals surface area contributed by atoms with Gasteiger partial charge in [0.25, 0.3) is 5.91 Å². The summed E-state index contributed by atoms with van der Waals surface area (Å²) < 4.78 is 29.1. The normalized spacial score (nSPS) is 21.0. The maximum absolute atomic E-state index is 16.4. The van der Waals surface area contributed by atoms with Gasteiger partial charge < -0.3 is 14.4 Å². The van der Waals surface area contributed by atoms with E-state index in [0.29, 0.717) is 5.56 Å². The number of carbonyl (C=O) groups excluding carboxylic acids is 3. The van der Waals surface area contributed by atoms with Crippen LogP contribution in [0.25, 0.3) is 11.3 Å². The van der Waals surface area contributed by atoms with Crippen molar-refractivity contribution in [2.45, 2.75) is 97.1 Å². The van der Waals surface area contributed by atoms with E-state index in [1.165, 1.54) is 0 Å². The second kappa shape index (κ2) is 9.74. The van der Waals surface area contributed by atoms with E-state index in [-0.39, 0.29) is 47.9 Å². The first kappa shape index (κ1) is 27.9. The minimum Gasteiger partial charge on any atom is -0.444 e. The molecule has 1 saturated heterocycles. The molecule has 4 heterocycles. The monoisotopic (exact) mass is 556 g/mol. The maximum atomic E-state index is 16.4. The van der Waals surface area contributed by atoms with E-state index in [4.69, 9.17) is 14.5 Å². The molecule has 3 amide bonds. The van der Waals surface area contributed by atoms with Gasteiger partial charge in [-0.15, -0.1) is 0 Å². The number of nitrogens with zero attached hydrogens (tertiary/aromatic N) is 6. The summed E-state index contributed by atoms with van der Waals surface area (Å²) in [5.41, 5.74) is -0.672. The molecule has 1 aliphatic carbocycles. The number of carbonyl (C=O) groups is 3. The van der Waals surface area contributed by atoms with Crippen LogP contribution in [-0.2, 0) is 23.1 Å². The van der Waals surface area contributed by atoms with Gasteiger partial charge in [-0.2, -0.15) is 5.10 Å². The first-order valence-electron chi connectivity index (χ1n) is 13.7. The van der Waals surface area contributed by atoms with Crippen LogP contribution >= 0.6 is 0 Å². The molecule has 0 spiro atoms. The number of halogens is 1. The quantitative estimate of drug-likeness (QED) is 0.517. The number of anilines is 1. The van der Waals surface area contributed by atoms with Crippen molar-refractivity contribution in [3.05, 3.63) is 29.3 Å². The molecule has 11 nitrogen and oxygen atoms in total. The van der Waals surface area contributed by atoms with Gasteiger partial charge in [0.1, 0.15) is 11.2 Å². The fourth-order valence-electron chi connectivity index (χ4n) is 5.68. The Labute approximate surface area is 233 Å². The molecule has 5 rings (SSSR count). The van der Waals surface area contributed by atoms with E-state index >= 15 is 4.39 Å². The summed E-state index contributed by atoms with van der Waals surface area (Å²) in [6.07, 6.45) is 5.35. The lowest BCUT2D eigenvalue weighted by Crippen LogP contribution is -2.44. The highest BCUT2D eigenvalue weighted by molar-refractivity contribution is 6.10. The van der Waals surface area contributed by atoms with Crippen molar-refractivity contribution < 1.29 is 28.2 Å². The van der Waals surface area contributed by atoms with Gasteiger partial charge in [0.05, 0.1) is 42.8 Å². The van der Waals surface area contributed by atoms with E-state index in [1.54, 1.807) is 49.8 Å². The third kappa shape index (κ3) is 5.11. The Kier molecular flexibility index (Phi) is 6.78. The number of rotatable bonds is 2. The molecule has 0 bridgehead atoms. The molecular formula is C28H37FN6O5. The van der Waals surface area contributed by atoms with Crippen molar-refractivity contribution in [2.75, 3.05) is 11.6 Å². The van der Waals surface area contributed by atoms with Crippen molar-refractivity contribution in [1.29, 1.82) is 0 Å². The summed E-state index contributed by atoms with van der Waals surface area (Å²) in [5, 5.41) is 4.21. The van der Waals surface area contributed by atoms with Crippen molar-refractivity contribution >= 4 is 23.9 Å². The van der Waals surface area contributed by atoms with Crippen molar-refractivity contribution in [3.8, 4) is 11.3 Å². The lowest BCUT2D eigenvalue weighted by molar-refractivity contribution is 0.0197. The molecule has 0 N–H and O–H groups in total. The Hall–Kier alpha value is -3.70. The topological polar surface area (TPSA) is 110 Å². The van der Waals surface area contributed by atoms with E-state index in [0.717, 1.165) is 30.6 Å². The number of amides is 3. The van der Waals surface area contributed by atoms with Crippen LogP contribution in [0, 0.1) is 5.82 Å². The Morgan fingerprint density at radius 3 is 2.23 bits per heavy atom. The smallest absolute Gasteiger partial charge is 0.417 e. The molecule has 3 aliphatic rings. The molecule has 2 aromatic heterocycles. The number of aromatic nitrogens is 3. The highest BCUT2D eigenvalue weighted by Crippen LogP contribution is 2.42. The van der Waals surface area contributed by atoms with Gasteiger partial charge in [-0.3, -0.25) is 14.4 Å². The molecule has 216 valence electrons. The molecule has 40 heavy (non-hydrogen) atoms. The Morgan fingerprint density at radius 1 is 1.00 bits per heavy atom. The molecule has 2 aromatic rings. The lowest BCUT2D eigenvalue weighted by atomic mass is 9.90. The predicted molar refractivity (Wildman–Crippen MR) is 144 cm³/mol. The van der Waals surface area contributed by atoms with Gasteiger partial charge in [-0.05, 0) is 54.4 Å². The third-order valence-electron chi connectivity index (χ3n) is 7.28. The molecular weight excluding hydrogens is 519 g/mol. The number of hydrogen-bond donors (Lipinski definition) is 0. The summed E-state index contributed by atoms with van der Waals surface area (Å²) in [6.45, 7) is 10.3. The molecule has 2 atom stereocenters. The van der Waals surface area contributed by atoms with E-state index in [9.17, 15) is 14.4 Å². The summed E-state index contributed by atoms with van der Waals surface area (Å²) in [4.78, 5) is 48.7. The van der Waals surface area contributed by atoms with Crippen molar-refractivity contribution in [2.24, 2.45) is 7.05 Å². The van der Waals surface area contributed by atoms with E-state index in [1.807, 2.05) is 25.7 Å². The molecule has 0 aromatic carbocycles. The van der Waals surface area contributed by atoms with Gasteiger partial charge in [0, 0.05) is 24.4 Å². The van der Waals surface area contributed by atoms with Gasteiger partial charge in [-0.25, -0.2) is 23.9 Å². The second-order valence-electron chi connectivity index (χ2n) is 12.7. The average molecular weight is 557 g/mol. The molecule has 0 radical (unpaired) electrons. The zero-order chi connectivity index (χ0) is 29.1. The molecule has 12 heteroatoms. The number of hydrogen-bond acceptors (Lipinski definition) is 8. The average Bonchev–Trinajstić information content (AvgIpc) is 3.53. The van der Waals surface area contributed by atoms with Crippen LogP contribution in [0.2, 0.25) is 0 Å². The molecule has 1 saturated carbocycles. The first-order valence-corrected chi connectivity index (χ1v) is 13.7. The number of pyridine rings is 1. The minimum atomic E-state index is -0.851. The van der Waals surface area contributed by atoms with Gasteiger partial charge in [0.15, 0.2) is 11.6 Å². The zero-order valence-electron chi connectivity index (χ0n) is 24.2. The molecule has 2 fully saturated rings. The third-order valence-corrected chi connectivity index (χ3v) is 7.28. The predicted octanol–water partition coefficient (Wildman–Crippen LogP) is 4.84. The van der Waals surface area contributed by atoms with E-state index in [2.05, 4.69) is 5.10 Å². The van der Waals surface area contributed by atoms with Crippen LogP contribution in [0.5, 0.6) is 0 Å². The van der Waals surface area contributed by atoms with Gasteiger partial charge in [-0.1, -0.05) is 12.8 Å². The number of aryl methyl sites for hydroxylation is 1. The zero-order valence-corrected chi connectivity index (χ0v) is 24.2. The fraction of sp³-hybridized carbons (Fsp3) is 0.607. The van der Waals surface area contributed by atoms with Crippen molar-refractivity contribution in [1.82, 2.24) is 24.6 Å². The number of imide groups is 1. The van der Waals surface area contributed by atoms with Crippen molar-refractivity contribution in [3.63, 3.8) is 0 Å². The highest BCUT2D eigenvalue weighted by atomic mass is 19.1. The van der Waals surface area contributed by atoms with Crippen LogP contribution < -0.4 is 4.90 Å². The molecule has 0 unspecified atom stereocenters. The number of ether oxygens (including phenoxy) is 2. The van der Waals surface area contributed by atoms with Crippen LogP contribution in [0.3, 0.4) is 0 Å². The Morgan fingerprint density at radius 2 is 1.62 bits per heavy atom. The van der Waals surface area contributed by atoms with Crippen LogP contribution in [0.15, 0.2) is 12.4 Å². The maximum Gasteiger partial charge on any atom is 0.417 e. The SMILES string of the molecule is Cn1cc(-c2nc(N3CN(C(=O)OC(C)(C)C)[C@H]4CCCC[C@H]43)c(F)c3c2C(=O)N(C(=O)OC(C)(C)C)C3)cn1. The Bertz CT molecular complexity index is 1360. The fourth-order valence-corrected chi connectivity index (χ4v) is 5.68. The summed E-state index contributed by atoms with van der Waals surface area (Å²) in [6, 6.07) is -0.318. The summed E-state index contributed by atoms with van der Waals surface area (Å²) >= 11 is 0. The lowest BCUT2D eigenvalue weighted by Gasteiger charge is -2.33. The summed E-state index contributed by atoms with van der Waals surface area (Å²) in [7, 11) is 1.73. The minimum absolute atomic E-state index is 0.0171. The summed E-state index contributed by atoms with van der Waals surface area (Å²) in [5.74, 6) is -1.31. The van der Waals surface area contributed by atoms with Crippen LogP contribution in [0.4, 0.5) is 19.8 Å². The Balaban J connectivity index is 1.59. The largest absolute Gasteiger partial charge is 0.444 e. The van der Waals surface area contributed by atoms with Gasteiger partial charge >= 0.3 is 12.2 Å². The standard InChI is InChI=1S/C28H37FN6O5/c1-27(2,3)39-25(37)33-14-17-20(24(33)36)22(16-12-30-32(7)13-16)31-23(21(17)29)34-15-35(26(38)40-28(4,5)6)19-11-9-8-10-18(19)34/h12-13,18-19H,8-11,14-15H2,1-7H3/t18-,19+/m1/s1. The second-order valence-corrected chi connectivity index (χ2v) is 12.7. The van der Waals surface area contributed by atoms with E-state index < -0.39 is 35.1 Å².